The van der Waals surface area contributed by atoms with E-state index in [-0.39, 0.29) is 22.9 Å². The van der Waals surface area contributed by atoms with Crippen LogP contribution in [0.15, 0.2) is 29.4 Å². The van der Waals surface area contributed by atoms with E-state index < -0.39 is 4.92 Å². The first-order valence-corrected chi connectivity index (χ1v) is 4.57. The Balaban J connectivity index is 2.94. The smallest absolute Gasteiger partial charge is 0.293 e. The summed E-state index contributed by atoms with van der Waals surface area (Å²) < 4.78 is 0. The number of rotatable bonds is 4. The Morgan fingerprint density at radius 1 is 1.38 bits per heavy atom. The molecule has 0 bridgehead atoms. The second-order valence-corrected chi connectivity index (χ2v) is 3.14. The Morgan fingerprint density at radius 2 is 2.00 bits per heavy atom. The number of carbonyl (C=O) groups is 1. The molecule has 0 radical (unpaired) electrons. The number of ketones is 1. The van der Waals surface area contributed by atoms with Crippen molar-refractivity contribution in [3.63, 3.8) is 0 Å². The van der Waals surface area contributed by atoms with Gasteiger partial charge in [-0.05, 0) is 13.0 Å². The van der Waals surface area contributed by atoms with Gasteiger partial charge in [-0.2, -0.15) is 5.10 Å². The molecule has 84 valence electrons. The van der Waals surface area contributed by atoms with E-state index in [2.05, 4.69) is 10.5 Å². The van der Waals surface area contributed by atoms with Crippen molar-refractivity contribution in [3.05, 3.63) is 34.4 Å². The number of anilines is 1. The zero-order valence-electron chi connectivity index (χ0n) is 8.93. The fourth-order valence-electron chi connectivity index (χ4n) is 0.950. The lowest BCUT2D eigenvalue weighted by Gasteiger charge is -2.01. The Morgan fingerprint density at radius 3 is 2.56 bits per heavy atom. The second-order valence-electron chi connectivity index (χ2n) is 3.14. The summed E-state index contributed by atoms with van der Waals surface area (Å²) in [5, 5.41) is 14.4. The largest absolute Gasteiger partial charge is 0.294 e. The molecule has 1 aromatic rings. The van der Waals surface area contributed by atoms with Crippen LogP contribution in [-0.2, 0) is 4.79 Å². The van der Waals surface area contributed by atoms with Crippen LogP contribution in [0.5, 0.6) is 0 Å². The monoisotopic (exact) mass is 221 g/mol. The standard InChI is InChI=1S/C10H11N3O3/c1-7(8(2)14)11-12-9-5-3-4-6-10(9)13(15)16/h3-6,12H,1-2H3/b11-7-. The maximum Gasteiger partial charge on any atom is 0.294 e. The third-order valence-corrected chi connectivity index (χ3v) is 1.95. The number of nitrogens with zero attached hydrogens (tertiary/aromatic N) is 2. The molecule has 1 N–H and O–H groups in total. The van der Waals surface area contributed by atoms with Gasteiger partial charge in [0.1, 0.15) is 11.4 Å². The molecule has 0 saturated carbocycles. The lowest BCUT2D eigenvalue weighted by molar-refractivity contribution is -0.384. The van der Waals surface area contributed by atoms with Gasteiger partial charge in [-0.3, -0.25) is 20.3 Å². The van der Waals surface area contributed by atoms with Crippen LogP contribution in [0, 0.1) is 10.1 Å². The van der Waals surface area contributed by atoms with E-state index in [1.807, 2.05) is 0 Å². The minimum atomic E-state index is -0.513. The predicted octanol–water partition coefficient (Wildman–Crippen LogP) is 1.97. The third kappa shape index (κ3) is 2.88. The second kappa shape index (κ2) is 5.01. The molecule has 6 nitrogen and oxygen atoms in total. The van der Waals surface area contributed by atoms with E-state index >= 15 is 0 Å². The van der Waals surface area contributed by atoms with E-state index in [1.54, 1.807) is 12.1 Å². The molecule has 6 heteroatoms. The lowest BCUT2D eigenvalue weighted by atomic mass is 10.3. The first-order valence-electron chi connectivity index (χ1n) is 4.57. The molecule has 0 aliphatic rings. The van der Waals surface area contributed by atoms with Crippen LogP contribution >= 0.6 is 0 Å². The van der Waals surface area contributed by atoms with E-state index in [4.69, 9.17) is 0 Å². The summed E-state index contributed by atoms with van der Waals surface area (Å²) in [6.45, 7) is 2.91. The maximum atomic E-state index is 10.9. The molecule has 1 rings (SSSR count). The fraction of sp³-hybridized carbons (Fsp3) is 0.200. The van der Waals surface area contributed by atoms with Gasteiger partial charge in [-0.15, -0.1) is 0 Å². The fourth-order valence-corrected chi connectivity index (χ4v) is 0.950. The highest BCUT2D eigenvalue weighted by molar-refractivity contribution is 6.38. The van der Waals surface area contributed by atoms with Crippen LogP contribution in [0.1, 0.15) is 13.8 Å². The lowest BCUT2D eigenvalue weighted by Crippen LogP contribution is -2.07. The van der Waals surface area contributed by atoms with Crippen LogP contribution in [0.4, 0.5) is 11.4 Å². The van der Waals surface area contributed by atoms with Gasteiger partial charge < -0.3 is 0 Å². The average molecular weight is 221 g/mol. The highest BCUT2D eigenvalue weighted by Crippen LogP contribution is 2.22. The third-order valence-electron chi connectivity index (χ3n) is 1.95. The first kappa shape index (κ1) is 11.8. The van der Waals surface area contributed by atoms with Gasteiger partial charge in [0, 0.05) is 13.0 Å². The number of hydrogen-bond acceptors (Lipinski definition) is 5. The summed E-state index contributed by atoms with van der Waals surface area (Å²) in [6.07, 6.45) is 0. The van der Waals surface area contributed by atoms with E-state index in [0.29, 0.717) is 0 Å². The summed E-state index contributed by atoms with van der Waals surface area (Å²) in [6, 6.07) is 6.09. The molecule has 0 aliphatic carbocycles. The molecular weight excluding hydrogens is 210 g/mol. The first-order chi connectivity index (χ1) is 7.52. The predicted molar refractivity (Wildman–Crippen MR) is 60.5 cm³/mol. The normalized spacial score (nSPS) is 11.0. The van der Waals surface area contributed by atoms with Crippen molar-refractivity contribution in [2.75, 3.05) is 5.43 Å². The Labute approximate surface area is 92.1 Å². The molecule has 0 fully saturated rings. The van der Waals surface area contributed by atoms with Gasteiger partial charge in [0.05, 0.1) is 4.92 Å². The number of benzene rings is 1. The van der Waals surface area contributed by atoms with E-state index in [9.17, 15) is 14.9 Å². The van der Waals surface area contributed by atoms with Crippen LogP contribution in [0.25, 0.3) is 0 Å². The zero-order valence-corrected chi connectivity index (χ0v) is 8.93. The number of hydrazone groups is 1. The van der Waals surface area contributed by atoms with Crippen LogP contribution < -0.4 is 5.43 Å². The van der Waals surface area contributed by atoms with Gasteiger partial charge in [-0.25, -0.2) is 0 Å². The number of Topliss-reactive ketones (excluding diaryl/α,β-unsaturated/α-hetero) is 1. The summed E-state index contributed by atoms with van der Waals surface area (Å²) in [7, 11) is 0. The van der Waals surface area contributed by atoms with Gasteiger partial charge in [0.25, 0.3) is 5.69 Å². The highest BCUT2D eigenvalue weighted by atomic mass is 16.6. The van der Waals surface area contributed by atoms with Crippen molar-refractivity contribution in [2.45, 2.75) is 13.8 Å². The number of para-hydroxylation sites is 2. The molecule has 0 atom stereocenters. The minimum absolute atomic E-state index is 0.0809. The molecular formula is C10H11N3O3. The van der Waals surface area contributed by atoms with E-state index in [1.165, 1.54) is 26.0 Å². The van der Waals surface area contributed by atoms with Crippen molar-refractivity contribution in [2.24, 2.45) is 5.10 Å². The number of nitrogens with one attached hydrogen (secondary N) is 1. The molecule has 16 heavy (non-hydrogen) atoms. The number of hydrogen-bond donors (Lipinski definition) is 1. The van der Waals surface area contributed by atoms with Crippen LogP contribution in [0.3, 0.4) is 0 Å². The molecule has 0 spiro atoms. The SMILES string of the molecule is CC(=O)/C(C)=N\Nc1ccccc1[N+](=O)[O-]. The van der Waals surface area contributed by atoms with Crippen molar-refractivity contribution >= 4 is 22.9 Å². The van der Waals surface area contributed by atoms with Gasteiger partial charge in [-0.1, -0.05) is 12.1 Å². The zero-order chi connectivity index (χ0) is 12.1. The Kier molecular flexibility index (Phi) is 3.71. The molecule has 1 aromatic carbocycles. The summed E-state index contributed by atoms with van der Waals surface area (Å²) in [5.41, 5.74) is 2.94. The molecule has 0 aromatic heterocycles. The van der Waals surface area contributed by atoms with Crippen molar-refractivity contribution in [1.29, 1.82) is 0 Å². The molecule has 0 saturated heterocycles. The Hall–Kier alpha value is -2.24. The number of nitro groups is 1. The van der Waals surface area contributed by atoms with Crippen LogP contribution in [-0.4, -0.2) is 16.4 Å². The van der Waals surface area contributed by atoms with Gasteiger partial charge in [0.2, 0.25) is 0 Å². The maximum absolute atomic E-state index is 10.9. The summed E-state index contributed by atoms with van der Waals surface area (Å²) in [4.78, 5) is 21.0. The van der Waals surface area contributed by atoms with Gasteiger partial charge >= 0.3 is 0 Å². The van der Waals surface area contributed by atoms with Crippen molar-refractivity contribution < 1.29 is 9.72 Å². The molecule has 0 amide bonds. The number of carbonyl (C=O) groups excluding carboxylic acids is 1. The van der Waals surface area contributed by atoms with Crippen LogP contribution in [0.2, 0.25) is 0 Å². The topological polar surface area (TPSA) is 84.6 Å². The number of nitro benzene ring substituents is 1. The van der Waals surface area contributed by atoms with Crippen molar-refractivity contribution in [1.82, 2.24) is 0 Å². The minimum Gasteiger partial charge on any atom is -0.293 e. The molecule has 0 unspecified atom stereocenters. The Bertz CT molecular complexity index is 454. The highest BCUT2D eigenvalue weighted by Gasteiger charge is 2.11. The average Bonchev–Trinajstić information content (AvgIpc) is 2.25. The van der Waals surface area contributed by atoms with Gasteiger partial charge in [0.15, 0.2) is 5.78 Å². The molecule has 0 heterocycles. The quantitative estimate of drug-likeness (QED) is 0.478. The summed E-state index contributed by atoms with van der Waals surface area (Å²) in [5.74, 6) is -0.189. The van der Waals surface area contributed by atoms with Crippen molar-refractivity contribution in [3.8, 4) is 0 Å². The molecule has 0 aliphatic heterocycles. The summed E-state index contributed by atoms with van der Waals surface area (Å²) >= 11 is 0. The van der Waals surface area contributed by atoms with E-state index in [0.717, 1.165) is 0 Å².